The summed E-state index contributed by atoms with van der Waals surface area (Å²) in [5.74, 6) is 0.400. The van der Waals surface area contributed by atoms with Crippen molar-refractivity contribution in [3.63, 3.8) is 0 Å². The van der Waals surface area contributed by atoms with Crippen LogP contribution in [0.2, 0.25) is 0 Å². The van der Waals surface area contributed by atoms with Crippen molar-refractivity contribution >= 4 is 42.7 Å². The standard InChI is InChI=1S/C34H38BrO3P/c1-6-37-32(36)24-38-33-26(2)22-27(23-31(33)34(3,4)5)25-39(35,28-16-10-7-11-17-28,29-18-12-8-13-19-29)30-20-14-9-15-21-30/h7-23H,6,24-25H2,1-5H3. The van der Waals surface area contributed by atoms with Crippen molar-refractivity contribution < 1.29 is 14.3 Å². The molecule has 0 fully saturated rings. The van der Waals surface area contributed by atoms with Crippen LogP contribution < -0.4 is 20.7 Å². The van der Waals surface area contributed by atoms with Crippen LogP contribution in [0.3, 0.4) is 0 Å². The Hall–Kier alpha value is -2.94. The van der Waals surface area contributed by atoms with E-state index in [1.54, 1.807) is 6.92 Å². The topological polar surface area (TPSA) is 35.5 Å². The van der Waals surface area contributed by atoms with E-state index in [4.69, 9.17) is 9.47 Å². The average molecular weight is 606 g/mol. The fraction of sp³-hybridized carbons (Fsp3) is 0.265. The van der Waals surface area contributed by atoms with E-state index < -0.39 is 5.31 Å². The van der Waals surface area contributed by atoms with Crippen molar-refractivity contribution in [3.05, 3.63) is 120 Å². The van der Waals surface area contributed by atoms with Crippen LogP contribution in [0.1, 0.15) is 44.4 Å². The van der Waals surface area contributed by atoms with Crippen LogP contribution in [0.15, 0.2) is 103 Å². The summed E-state index contributed by atoms with van der Waals surface area (Å²) >= 11 is 4.58. The molecule has 0 bridgehead atoms. The SMILES string of the molecule is CCOC(=O)COc1c(C)cc(CP(Br)(c2ccccc2)(c2ccccc2)c2ccccc2)cc1C(C)(C)C. The number of carbonyl (C=O) groups excluding carboxylic acids is 1. The summed E-state index contributed by atoms with van der Waals surface area (Å²) in [5, 5.41) is 0.668. The van der Waals surface area contributed by atoms with E-state index in [0.717, 1.165) is 23.0 Å². The maximum atomic E-state index is 12.1. The Balaban J connectivity index is 1.96. The molecular formula is C34H38BrO3P. The minimum absolute atomic E-state index is 0.104. The van der Waals surface area contributed by atoms with Gasteiger partial charge < -0.3 is 0 Å². The van der Waals surface area contributed by atoms with Gasteiger partial charge in [-0.25, -0.2) is 0 Å². The molecule has 0 N–H and O–H groups in total. The van der Waals surface area contributed by atoms with Crippen molar-refractivity contribution in [3.8, 4) is 5.75 Å². The van der Waals surface area contributed by atoms with Crippen molar-refractivity contribution in [2.24, 2.45) is 0 Å². The molecule has 0 aliphatic rings. The van der Waals surface area contributed by atoms with E-state index >= 15 is 0 Å². The molecule has 5 heteroatoms. The van der Waals surface area contributed by atoms with Gasteiger partial charge in [0.05, 0.1) is 0 Å². The summed E-state index contributed by atoms with van der Waals surface area (Å²) in [6.07, 6.45) is 0.783. The molecule has 0 saturated carbocycles. The number of esters is 1. The number of hydrogen-bond acceptors (Lipinski definition) is 3. The van der Waals surface area contributed by atoms with E-state index in [0.29, 0.717) is 6.61 Å². The molecule has 0 unspecified atom stereocenters. The summed E-state index contributed by atoms with van der Waals surface area (Å²) in [4.78, 5) is 12.1. The van der Waals surface area contributed by atoms with Crippen molar-refractivity contribution in [1.82, 2.24) is 0 Å². The summed E-state index contributed by atoms with van der Waals surface area (Å²) in [5.41, 5.74) is 3.11. The molecular weight excluding hydrogens is 567 g/mol. The first kappa shape index (κ1) is 29.1. The van der Waals surface area contributed by atoms with Gasteiger partial charge in [-0.15, -0.1) is 0 Å². The Morgan fingerprint density at radius 1 is 0.795 bits per heavy atom. The van der Waals surface area contributed by atoms with Gasteiger partial charge in [-0.3, -0.25) is 0 Å². The summed E-state index contributed by atoms with van der Waals surface area (Å²) in [7, 11) is 0. The summed E-state index contributed by atoms with van der Waals surface area (Å²) < 4.78 is 11.2. The summed E-state index contributed by atoms with van der Waals surface area (Å²) in [6, 6.07) is 37.0. The van der Waals surface area contributed by atoms with Gasteiger partial charge in [0, 0.05) is 0 Å². The van der Waals surface area contributed by atoms with Gasteiger partial charge in [-0.05, 0) is 0 Å². The maximum absolute atomic E-state index is 12.1. The van der Waals surface area contributed by atoms with Crippen molar-refractivity contribution in [2.75, 3.05) is 13.2 Å². The molecule has 204 valence electrons. The van der Waals surface area contributed by atoms with E-state index in [1.165, 1.54) is 21.5 Å². The van der Waals surface area contributed by atoms with Gasteiger partial charge in [0.15, 0.2) is 0 Å². The average Bonchev–Trinajstić information content (AvgIpc) is 2.93. The molecule has 0 spiro atoms. The normalized spacial score (nSPS) is 12.8. The van der Waals surface area contributed by atoms with Crippen molar-refractivity contribution in [1.29, 1.82) is 0 Å². The van der Waals surface area contributed by atoms with Crippen molar-refractivity contribution in [2.45, 2.75) is 46.2 Å². The summed E-state index contributed by atoms with van der Waals surface area (Å²) in [6.45, 7) is 10.6. The molecule has 3 nitrogen and oxygen atoms in total. The second-order valence-corrected chi connectivity index (χ2v) is 19.9. The zero-order valence-electron chi connectivity index (χ0n) is 23.5. The monoisotopic (exact) mass is 604 g/mol. The Morgan fingerprint density at radius 2 is 1.26 bits per heavy atom. The number of ether oxygens (including phenoxy) is 2. The van der Waals surface area contributed by atoms with Gasteiger partial charge in [0.1, 0.15) is 0 Å². The fourth-order valence-corrected chi connectivity index (χ4v) is 13.0. The molecule has 4 aromatic rings. The van der Waals surface area contributed by atoms with Crippen LogP contribution in [0.4, 0.5) is 0 Å². The number of halogens is 1. The van der Waals surface area contributed by atoms with Crippen LogP contribution in [0, 0.1) is 6.92 Å². The third-order valence-electron chi connectivity index (χ3n) is 7.15. The van der Waals surface area contributed by atoms with Crippen LogP contribution in [-0.4, -0.2) is 19.2 Å². The second-order valence-electron chi connectivity index (χ2n) is 11.0. The Labute approximate surface area is 241 Å². The van der Waals surface area contributed by atoms with Crippen LogP contribution in [0.25, 0.3) is 0 Å². The predicted octanol–water partition coefficient (Wildman–Crippen LogP) is 7.57. The molecule has 0 amide bonds. The molecule has 4 rings (SSSR count). The van der Waals surface area contributed by atoms with Gasteiger partial charge in [-0.2, -0.15) is 0 Å². The minimum atomic E-state index is -3.16. The number of aryl methyl sites for hydroxylation is 1. The Morgan fingerprint density at radius 3 is 1.67 bits per heavy atom. The molecule has 0 heterocycles. The zero-order chi connectivity index (χ0) is 28.1. The van der Waals surface area contributed by atoms with Crippen LogP contribution in [0.5, 0.6) is 5.75 Å². The predicted molar refractivity (Wildman–Crippen MR) is 170 cm³/mol. The molecule has 0 saturated heterocycles. The Kier molecular flexibility index (Phi) is 8.69. The molecule has 0 atom stereocenters. The van der Waals surface area contributed by atoms with Gasteiger partial charge in [0.2, 0.25) is 0 Å². The van der Waals surface area contributed by atoms with E-state index in [2.05, 4.69) is 146 Å². The third-order valence-corrected chi connectivity index (χ3v) is 16.7. The van der Waals surface area contributed by atoms with Crippen LogP contribution >= 0.6 is 20.8 Å². The molecule has 0 aromatic heterocycles. The number of benzene rings is 4. The van der Waals surface area contributed by atoms with E-state index in [-0.39, 0.29) is 18.0 Å². The molecule has 0 radical (unpaired) electrons. The van der Waals surface area contributed by atoms with Gasteiger partial charge in [-0.1, -0.05) is 0 Å². The molecule has 39 heavy (non-hydrogen) atoms. The molecule has 0 aliphatic carbocycles. The first-order valence-electron chi connectivity index (χ1n) is 13.4. The number of rotatable bonds is 9. The van der Waals surface area contributed by atoms with Gasteiger partial charge >= 0.3 is 242 Å². The fourth-order valence-electron chi connectivity index (χ4n) is 5.30. The number of carbonyl (C=O) groups is 1. The second kappa shape index (κ2) is 11.7. The first-order valence-corrected chi connectivity index (χ1v) is 17.8. The number of hydrogen-bond donors (Lipinski definition) is 0. The third kappa shape index (κ3) is 5.83. The Bertz CT molecular complexity index is 1310. The zero-order valence-corrected chi connectivity index (χ0v) is 26.0. The molecule has 0 aliphatic heterocycles. The van der Waals surface area contributed by atoms with Gasteiger partial charge in [0.25, 0.3) is 0 Å². The first-order chi connectivity index (χ1) is 18.6. The quantitative estimate of drug-likeness (QED) is 0.146. The molecule has 4 aromatic carbocycles. The van der Waals surface area contributed by atoms with Crippen LogP contribution in [-0.2, 0) is 21.1 Å². The van der Waals surface area contributed by atoms with E-state index in [1.807, 2.05) is 0 Å². The van der Waals surface area contributed by atoms with E-state index in [9.17, 15) is 4.79 Å².